The van der Waals surface area contributed by atoms with Gasteiger partial charge in [0.25, 0.3) is 0 Å². The highest BCUT2D eigenvalue weighted by atomic mass is 31.2. The topological polar surface area (TPSA) is 91.7 Å². The maximum absolute atomic E-state index is 12.4. The van der Waals surface area contributed by atoms with E-state index in [0.717, 1.165) is 31.2 Å². The van der Waals surface area contributed by atoms with Crippen LogP contribution in [0.4, 0.5) is 0 Å². The molecule has 1 saturated carbocycles. The predicted molar refractivity (Wildman–Crippen MR) is 94.6 cm³/mol. The van der Waals surface area contributed by atoms with Gasteiger partial charge >= 0.3 is 0 Å². The zero-order valence-electron chi connectivity index (χ0n) is 14.4. The molecule has 24 heavy (non-hydrogen) atoms. The van der Waals surface area contributed by atoms with E-state index in [9.17, 15) is 14.6 Å². The molecule has 0 spiro atoms. The standard InChI is InChI=1S/C17H29N2O4P/c1-23-17-9-15(7-8-19-17)10-18-11-16(20)13-24(21,22)12-14-5-3-2-4-6-14/h7-9,14,16,18,20H,2-6,10-13H2,1H3,(H,21,22)/t16-/m0/s1. The lowest BCUT2D eigenvalue weighted by Crippen LogP contribution is -2.30. The van der Waals surface area contributed by atoms with Crippen molar-refractivity contribution in [3.05, 3.63) is 23.9 Å². The Labute approximate surface area is 144 Å². The second kappa shape index (κ2) is 9.52. The Hall–Kier alpha value is -0.940. The number of aliphatic hydroxyl groups is 1. The van der Waals surface area contributed by atoms with E-state index in [-0.39, 0.29) is 6.16 Å². The van der Waals surface area contributed by atoms with Gasteiger partial charge in [-0.05, 0) is 30.4 Å². The molecule has 6 nitrogen and oxygen atoms in total. The van der Waals surface area contributed by atoms with Crippen LogP contribution in [0.15, 0.2) is 18.3 Å². The molecule has 1 aromatic heterocycles. The average molecular weight is 356 g/mol. The molecule has 0 amide bonds. The quantitative estimate of drug-likeness (QED) is 0.589. The molecule has 0 aromatic carbocycles. The number of ether oxygens (including phenoxy) is 1. The number of pyridine rings is 1. The summed E-state index contributed by atoms with van der Waals surface area (Å²) in [6, 6.07) is 3.68. The molecule has 1 aliphatic carbocycles. The van der Waals surface area contributed by atoms with Crippen LogP contribution in [-0.4, -0.2) is 47.1 Å². The van der Waals surface area contributed by atoms with Gasteiger partial charge in [-0.1, -0.05) is 19.3 Å². The molecule has 2 rings (SSSR count). The van der Waals surface area contributed by atoms with Gasteiger partial charge in [0, 0.05) is 31.5 Å². The zero-order valence-corrected chi connectivity index (χ0v) is 15.3. The van der Waals surface area contributed by atoms with Gasteiger partial charge in [-0.25, -0.2) is 4.98 Å². The Morgan fingerprint density at radius 2 is 2.17 bits per heavy atom. The van der Waals surface area contributed by atoms with Crippen molar-refractivity contribution in [1.29, 1.82) is 0 Å². The average Bonchev–Trinajstić information content (AvgIpc) is 2.55. The number of nitrogens with one attached hydrogen (secondary N) is 1. The van der Waals surface area contributed by atoms with Gasteiger partial charge in [0.05, 0.1) is 19.4 Å². The molecule has 1 heterocycles. The summed E-state index contributed by atoms with van der Waals surface area (Å²) in [5.41, 5.74) is 0.989. The summed E-state index contributed by atoms with van der Waals surface area (Å²) in [6.07, 6.45) is 6.81. The molecule has 0 bridgehead atoms. The van der Waals surface area contributed by atoms with E-state index >= 15 is 0 Å². The number of aromatic nitrogens is 1. The minimum Gasteiger partial charge on any atom is -0.481 e. The molecular weight excluding hydrogens is 327 g/mol. The molecule has 0 aliphatic heterocycles. The Morgan fingerprint density at radius 1 is 1.42 bits per heavy atom. The molecule has 136 valence electrons. The SMILES string of the molecule is COc1cc(CNC[C@H](O)CP(=O)(O)CC2CCCCC2)ccn1. The predicted octanol–water partition coefficient (Wildman–Crippen LogP) is 2.39. The van der Waals surface area contributed by atoms with Gasteiger partial charge in [0.15, 0.2) is 0 Å². The first-order valence-corrected chi connectivity index (χ1v) is 10.7. The molecule has 2 atom stereocenters. The highest BCUT2D eigenvalue weighted by Crippen LogP contribution is 2.45. The molecule has 7 heteroatoms. The fourth-order valence-corrected chi connectivity index (χ4v) is 5.41. The Kier molecular flexibility index (Phi) is 7.69. The first-order valence-electron chi connectivity index (χ1n) is 8.67. The van der Waals surface area contributed by atoms with E-state index in [1.54, 1.807) is 13.3 Å². The Morgan fingerprint density at radius 3 is 2.88 bits per heavy atom. The third-order valence-electron chi connectivity index (χ3n) is 4.48. The molecular formula is C17H29N2O4P. The largest absolute Gasteiger partial charge is 0.481 e. The summed E-state index contributed by atoms with van der Waals surface area (Å²) < 4.78 is 17.4. The van der Waals surface area contributed by atoms with Gasteiger partial charge in [0.1, 0.15) is 0 Å². The second-order valence-corrected chi connectivity index (χ2v) is 9.13. The molecule has 1 fully saturated rings. The molecule has 0 radical (unpaired) electrons. The van der Waals surface area contributed by atoms with E-state index in [1.165, 1.54) is 6.42 Å². The molecule has 0 saturated heterocycles. The molecule has 1 unspecified atom stereocenters. The maximum atomic E-state index is 12.4. The number of methoxy groups -OCH3 is 1. The smallest absolute Gasteiger partial charge is 0.213 e. The van der Waals surface area contributed by atoms with Crippen molar-refractivity contribution in [3.8, 4) is 5.88 Å². The second-order valence-electron chi connectivity index (χ2n) is 6.71. The minimum atomic E-state index is -3.26. The monoisotopic (exact) mass is 356 g/mol. The molecule has 3 N–H and O–H groups in total. The van der Waals surface area contributed by atoms with E-state index in [0.29, 0.717) is 31.0 Å². The van der Waals surface area contributed by atoms with Crippen LogP contribution in [-0.2, 0) is 11.1 Å². The van der Waals surface area contributed by atoms with Crippen LogP contribution < -0.4 is 10.1 Å². The van der Waals surface area contributed by atoms with Gasteiger partial charge < -0.3 is 20.1 Å². The van der Waals surface area contributed by atoms with Crippen molar-refractivity contribution in [2.45, 2.75) is 44.8 Å². The van der Waals surface area contributed by atoms with Crippen molar-refractivity contribution in [2.24, 2.45) is 5.92 Å². The lowest BCUT2D eigenvalue weighted by Gasteiger charge is -2.25. The van der Waals surface area contributed by atoms with Crippen LogP contribution >= 0.6 is 7.37 Å². The normalized spacial score (nSPS) is 19.6. The Bertz CT molecular complexity index is 549. The highest BCUT2D eigenvalue weighted by molar-refractivity contribution is 7.58. The number of rotatable bonds is 9. The lowest BCUT2D eigenvalue weighted by molar-refractivity contribution is 0.189. The van der Waals surface area contributed by atoms with Crippen LogP contribution in [0.1, 0.15) is 37.7 Å². The van der Waals surface area contributed by atoms with Gasteiger partial charge in [-0.3, -0.25) is 4.57 Å². The number of aliphatic hydroxyl groups excluding tert-OH is 1. The van der Waals surface area contributed by atoms with Crippen LogP contribution in [0.5, 0.6) is 5.88 Å². The van der Waals surface area contributed by atoms with Crippen molar-refractivity contribution < 1.29 is 19.3 Å². The zero-order chi connectivity index (χ0) is 17.4. The number of hydrogen-bond donors (Lipinski definition) is 3. The summed E-state index contributed by atoms with van der Waals surface area (Å²) in [7, 11) is -1.70. The van der Waals surface area contributed by atoms with E-state index in [2.05, 4.69) is 10.3 Å². The van der Waals surface area contributed by atoms with Crippen molar-refractivity contribution in [2.75, 3.05) is 26.0 Å². The first kappa shape index (κ1) is 19.4. The summed E-state index contributed by atoms with van der Waals surface area (Å²) in [5, 5.41) is 13.2. The van der Waals surface area contributed by atoms with Crippen molar-refractivity contribution >= 4 is 7.37 Å². The van der Waals surface area contributed by atoms with E-state index < -0.39 is 13.5 Å². The number of nitrogens with zero attached hydrogens (tertiary/aromatic N) is 1. The van der Waals surface area contributed by atoms with E-state index in [4.69, 9.17) is 4.74 Å². The fraction of sp³-hybridized carbons (Fsp3) is 0.706. The summed E-state index contributed by atoms with van der Waals surface area (Å²) >= 11 is 0. The van der Waals surface area contributed by atoms with E-state index in [1.807, 2.05) is 12.1 Å². The third kappa shape index (κ3) is 6.89. The summed E-state index contributed by atoms with van der Waals surface area (Å²) in [5.74, 6) is 0.890. The Balaban J connectivity index is 1.71. The third-order valence-corrected chi connectivity index (χ3v) is 6.56. The van der Waals surface area contributed by atoms with Gasteiger partial charge in [0.2, 0.25) is 13.2 Å². The van der Waals surface area contributed by atoms with Crippen LogP contribution in [0.2, 0.25) is 0 Å². The van der Waals surface area contributed by atoms with Gasteiger partial charge in [-0.15, -0.1) is 0 Å². The lowest BCUT2D eigenvalue weighted by atomic mass is 9.91. The minimum absolute atomic E-state index is 0.0316. The van der Waals surface area contributed by atoms with Crippen molar-refractivity contribution in [1.82, 2.24) is 10.3 Å². The molecule has 1 aliphatic rings. The number of hydrogen-bond acceptors (Lipinski definition) is 5. The van der Waals surface area contributed by atoms with Crippen molar-refractivity contribution in [3.63, 3.8) is 0 Å². The van der Waals surface area contributed by atoms with Gasteiger partial charge in [-0.2, -0.15) is 0 Å². The van der Waals surface area contributed by atoms with Crippen LogP contribution in [0.3, 0.4) is 0 Å². The maximum Gasteiger partial charge on any atom is 0.213 e. The summed E-state index contributed by atoms with van der Waals surface area (Å²) in [4.78, 5) is 14.2. The van der Waals surface area contributed by atoms with Crippen LogP contribution in [0.25, 0.3) is 0 Å². The molecule has 1 aromatic rings. The highest BCUT2D eigenvalue weighted by Gasteiger charge is 2.27. The fourth-order valence-electron chi connectivity index (χ4n) is 3.30. The first-order chi connectivity index (χ1) is 11.5. The van der Waals surface area contributed by atoms with Crippen LogP contribution in [0, 0.1) is 5.92 Å². The summed E-state index contributed by atoms with van der Waals surface area (Å²) in [6.45, 7) is 0.841.